The molecule has 0 bridgehead atoms. The molecular weight excluding hydrogens is 847 g/mol. The van der Waals surface area contributed by atoms with Gasteiger partial charge in [0, 0.05) is 39.2 Å². The van der Waals surface area contributed by atoms with Crippen LogP contribution in [0, 0.1) is 0 Å². The molecule has 1 aromatic heterocycles. The van der Waals surface area contributed by atoms with E-state index in [1.165, 1.54) is 55.6 Å². The minimum Gasteiger partial charge on any atom is -0.311 e. The van der Waals surface area contributed by atoms with E-state index in [2.05, 4.69) is 261 Å². The Balaban J connectivity index is 0.850. The van der Waals surface area contributed by atoms with Crippen molar-refractivity contribution in [3.63, 3.8) is 0 Å². The van der Waals surface area contributed by atoms with Crippen LogP contribution >= 0.6 is 0 Å². The summed E-state index contributed by atoms with van der Waals surface area (Å²) in [6, 6.07) is 93.4. The first kappa shape index (κ1) is 42.4. The SMILES string of the molecule is CC1(C)c2ccccc2-c2ccc(-c3cc(-c4ccc(-c5ccc(N(c6ccc(-c7ccccc7)cc6)c6ccc(-c7ccc(-c8ccccc8)cc7)cc6)cc5)cc4)nc(-c4ccccc4)n3)cc21. The fourth-order valence-corrected chi connectivity index (χ4v) is 10.1. The normalized spacial score (nSPS) is 12.3. The van der Waals surface area contributed by atoms with Crippen LogP contribution in [0.5, 0.6) is 0 Å². The van der Waals surface area contributed by atoms with Gasteiger partial charge in [0.25, 0.3) is 0 Å². The lowest BCUT2D eigenvalue weighted by atomic mass is 9.82. The van der Waals surface area contributed by atoms with Crippen LogP contribution in [-0.2, 0) is 5.41 Å². The summed E-state index contributed by atoms with van der Waals surface area (Å²) in [4.78, 5) is 12.7. The average molecular weight is 896 g/mol. The van der Waals surface area contributed by atoms with Gasteiger partial charge in [-0.3, -0.25) is 0 Å². The molecule has 0 radical (unpaired) electrons. The lowest BCUT2D eigenvalue weighted by molar-refractivity contribution is 0.660. The Morgan fingerprint density at radius 3 is 1.06 bits per heavy atom. The van der Waals surface area contributed by atoms with Crippen LogP contribution in [0.25, 0.3) is 89.5 Å². The molecule has 0 saturated carbocycles. The number of nitrogens with zero attached hydrogens (tertiary/aromatic N) is 3. The smallest absolute Gasteiger partial charge is 0.160 e. The van der Waals surface area contributed by atoms with Gasteiger partial charge in [-0.1, -0.05) is 226 Å². The summed E-state index contributed by atoms with van der Waals surface area (Å²) < 4.78 is 0. The van der Waals surface area contributed by atoms with E-state index in [1.54, 1.807) is 0 Å². The molecule has 0 atom stereocenters. The van der Waals surface area contributed by atoms with Crippen molar-refractivity contribution in [2.45, 2.75) is 19.3 Å². The molecule has 1 heterocycles. The summed E-state index contributed by atoms with van der Waals surface area (Å²) in [6.45, 7) is 4.65. The fourth-order valence-electron chi connectivity index (χ4n) is 10.1. The summed E-state index contributed by atoms with van der Waals surface area (Å²) in [7, 11) is 0. The predicted molar refractivity (Wildman–Crippen MR) is 292 cm³/mol. The van der Waals surface area contributed by atoms with Gasteiger partial charge >= 0.3 is 0 Å². The maximum atomic E-state index is 5.19. The Bertz CT molecular complexity index is 3600. The molecule has 1 aliphatic rings. The van der Waals surface area contributed by atoms with Crippen molar-refractivity contribution >= 4 is 17.1 Å². The summed E-state index contributed by atoms with van der Waals surface area (Å²) in [6.07, 6.45) is 0. The van der Waals surface area contributed by atoms with Gasteiger partial charge in [-0.15, -0.1) is 0 Å². The van der Waals surface area contributed by atoms with Gasteiger partial charge in [0.05, 0.1) is 11.4 Å². The zero-order chi connectivity index (χ0) is 47.0. The van der Waals surface area contributed by atoms with Crippen molar-refractivity contribution in [1.82, 2.24) is 9.97 Å². The van der Waals surface area contributed by atoms with Gasteiger partial charge in [-0.2, -0.15) is 0 Å². The summed E-state index contributed by atoms with van der Waals surface area (Å²) in [5.74, 6) is 0.710. The molecular formula is C67H49N3. The van der Waals surface area contributed by atoms with Gasteiger partial charge in [0.2, 0.25) is 0 Å². The molecule has 0 N–H and O–H groups in total. The standard InChI is InChI=1S/C67H49N3/c1-67(2)62-21-13-12-20-60(62)61-43-36-56(44-63(61)67)65-45-64(68-66(69-65)55-18-10-5-11-19-55)54-28-26-50(27-29-54)53-34-41-59(42-35-53)70(57-37-30-51(31-38-57)47-16-8-4-9-17-47)58-39-32-52(33-40-58)49-24-22-48(23-25-49)46-14-6-3-7-15-46/h3-45H,1-2H3. The number of benzene rings is 10. The van der Waals surface area contributed by atoms with E-state index in [0.717, 1.165) is 56.3 Å². The maximum Gasteiger partial charge on any atom is 0.160 e. The average Bonchev–Trinajstić information content (AvgIpc) is 3.67. The molecule has 0 fully saturated rings. The van der Waals surface area contributed by atoms with Gasteiger partial charge in [-0.25, -0.2) is 9.97 Å². The van der Waals surface area contributed by atoms with Crippen LogP contribution in [0.15, 0.2) is 261 Å². The van der Waals surface area contributed by atoms with Gasteiger partial charge in [0.1, 0.15) is 0 Å². The Labute approximate surface area is 410 Å². The van der Waals surface area contributed by atoms with Crippen LogP contribution in [0.4, 0.5) is 17.1 Å². The fraction of sp³-hybridized carbons (Fsp3) is 0.0448. The van der Waals surface area contributed by atoms with Gasteiger partial charge in [-0.05, 0) is 115 Å². The van der Waals surface area contributed by atoms with E-state index < -0.39 is 0 Å². The molecule has 3 nitrogen and oxygen atoms in total. The third-order valence-electron chi connectivity index (χ3n) is 14.0. The largest absolute Gasteiger partial charge is 0.311 e. The molecule has 1 aliphatic carbocycles. The highest BCUT2D eigenvalue weighted by Crippen LogP contribution is 2.49. The molecule has 10 aromatic carbocycles. The topological polar surface area (TPSA) is 29.0 Å². The maximum absolute atomic E-state index is 5.19. The third kappa shape index (κ3) is 8.08. The highest BCUT2D eigenvalue weighted by molar-refractivity contribution is 5.85. The first-order valence-electron chi connectivity index (χ1n) is 24.0. The van der Waals surface area contributed by atoms with Crippen molar-refractivity contribution < 1.29 is 0 Å². The molecule has 3 heteroatoms. The van der Waals surface area contributed by atoms with Gasteiger partial charge in [0.15, 0.2) is 5.82 Å². The predicted octanol–water partition coefficient (Wildman–Crippen LogP) is 17.9. The lowest BCUT2D eigenvalue weighted by Gasteiger charge is -2.26. The minimum atomic E-state index is -0.108. The van der Waals surface area contributed by atoms with Crippen molar-refractivity contribution in [1.29, 1.82) is 0 Å². The van der Waals surface area contributed by atoms with Crippen molar-refractivity contribution in [2.24, 2.45) is 0 Å². The van der Waals surface area contributed by atoms with E-state index in [4.69, 9.17) is 9.97 Å². The second kappa shape index (κ2) is 18.0. The van der Waals surface area contributed by atoms with E-state index in [1.807, 2.05) is 18.2 Å². The zero-order valence-corrected chi connectivity index (χ0v) is 39.2. The van der Waals surface area contributed by atoms with Crippen molar-refractivity contribution in [3.05, 3.63) is 272 Å². The van der Waals surface area contributed by atoms with Crippen LogP contribution in [0.2, 0.25) is 0 Å². The summed E-state index contributed by atoms with van der Waals surface area (Å²) in [5.41, 5.74) is 22.8. The number of fused-ring (bicyclic) bond motifs is 3. The second-order valence-corrected chi connectivity index (χ2v) is 18.6. The highest BCUT2D eigenvalue weighted by Gasteiger charge is 2.35. The first-order chi connectivity index (χ1) is 34.4. The Kier molecular flexibility index (Phi) is 10.9. The number of anilines is 3. The number of hydrogen-bond acceptors (Lipinski definition) is 3. The quantitative estimate of drug-likeness (QED) is 0.137. The van der Waals surface area contributed by atoms with E-state index in [9.17, 15) is 0 Å². The van der Waals surface area contributed by atoms with E-state index in [0.29, 0.717) is 5.82 Å². The Hall–Kier alpha value is -8.92. The van der Waals surface area contributed by atoms with Crippen LogP contribution in [0.3, 0.4) is 0 Å². The molecule has 12 rings (SSSR count). The molecule has 0 unspecified atom stereocenters. The minimum absolute atomic E-state index is 0.108. The van der Waals surface area contributed by atoms with Crippen LogP contribution in [0.1, 0.15) is 25.0 Å². The molecule has 332 valence electrons. The van der Waals surface area contributed by atoms with E-state index >= 15 is 0 Å². The molecule has 70 heavy (non-hydrogen) atoms. The van der Waals surface area contributed by atoms with Crippen LogP contribution < -0.4 is 4.90 Å². The summed E-state index contributed by atoms with van der Waals surface area (Å²) in [5, 5.41) is 0. The molecule has 11 aromatic rings. The summed E-state index contributed by atoms with van der Waals surface area (Å²) >= 11 is 0. The van der Waals surface area contributed by atoms with Crippen LogP contribution in [-0.4, -0.2) is 9.97 Å². The number of rotatable bonds is 10. The van der Waals surface area contributed by atoms with Crippen molar-refractivity contribution in [3.8, 4) is 89.5 Å². The Morgan fingerprint density at radius 1 is 0.271 bits per heavy atom. The monoisotopic (exact) mass is 895 g/mol. The molecule has 0 aliphatic heterocycles. The molecule has 0 amide bonds. The van der Waals surface area contributed by atoms with Crippen molar-refractivity contribution in [2.75, 3.05) is 4.90 Å². The number of aromatic nitrogens is 2. The first-order valence-corrected chi connectivity index (χ1v) is 24.0. The third-order valence-corrected chi connectivity index (χ3v) is 14.0. The molecule has 0 spiro atoms. The van der Waals surface area contributed by atoms with E-state index in [-0.39, 0.29) is 5.41 Å². The highest BCUT2D eigenvalue weighted by atomic mass is 15.1. The number of hydrogen-bond donors (Lipinski definition) is 0. The second-order valence-electron chi connectivity index (χ2n) is 18.6. The zero-order valence-electron chi connectivity index (χ0n) is 39.2. The lowest BCUT2D eigenvalue weighted by Crippen LogP contribution is -2.14. The Morgan fingerprint density at radius 2 is 0.600 bits per heavy atom. The molecule has 0 saturated heterocycles. The van der Waals surface area contributed by atoms with Gasteiger partial charge < -0.3 is 4.90 Å².